The van der Waals surface area contributed by atoms with Gasteiger partial charge in [-0.15, -0.1) is 0 Å². The Morgan fingerprint density at radius 3 is 2.96 bits per heavy atom. The smallest absolute Gasteiger partial charge is 0.405 e. The number of hydrogen-bond donors (Lipinski definition) is 1. The molecule has 0 saturated carbocycles. The summed E-state index contributed by atoms with van der Waals surface area (Å²) >= 11 is 0. The monoisotopic (exact) mass is 398 g/mol. The highest BCUT2D eigenvalue weighted by molar-refractivity contribution is 6.08. The third-order valence-corrected chi connectivity index (χ3v) is 5.12. The van der Waals surface area contributed by atoms with E-state index in [0.29, 0.717) is 43.4 Å². The van der Waals surface area contributed by atoms with E-state index in [9.17, 15) is 18.0 Å². The van der Waals surface area contributed by atoms with Crippen LogP contribution in [-0.4, -0.2) is 61.1 Å². The van der Waals surface area contributed by atoms with Crippen LogP contribution in [0, 0.1) is 0 Å². The minimum atomic E-state index is -4.42. The lowest BCUT2D eigenvalue weighted by Crippen LogP contribution is -2.48. The molecule has 10 heteroatoms. The molecule has 3 heterocycles. The van der Waals surface area contributed by atoms with Crippen LogP contribution >= 0.6 is 0 Å². The number of carbonyl (C=O) groups excluding carboxylic acids is 1. The molecule has 1 aliphatic carbocycles. The van der Waals surface area contributed by atoms with Gasteiger partial charge in [-0.25, -0.2) is 4.99 Å². The predicted octanol–water partition coefficient (Wildman–Crippen LogP) is 2.27. The molecule has 1 fully saturated rings. The molecule has 4 rings (SSSR count). The van der Waals surface area contributed by atoms with Crippen LogP contribution in [0.1, 0.15) is 32.1 Å². The Morgan fingerprint density at radius 2 is 2.14 bits per heavy atom. The van der Waals surface area contributed by atoms with Gasteiger partial charge in [0.25, 0.3) is 0 Å². The van der Waals surface area contributed by atoms with Crippen LogP contribution in [0.3, 0.4) is 0 Å². The fraction of sp³-hybridized carbons (Fsp3) is 0.611. The number of amidine groups is 2. The minimum Gasteiger partial charge on any atom is -0.458 e. The lowest BCUT2D eigenvalue weighted by molar-refractivity contribution is -0.140. The zero-order valence-electron chi connectivity index (χ0n) is 15.2. The second-order valence-corrected chi connectivity index (χ2v) is 7.03. The Balaban J connectivity index is 1.47. The van der Waals surface area contributed by atoms with Gasteiger partial charge < -0.3 is 19.7 Å². The third kappa shape index (κ3) is 4.00. The summed E-state index contributed by atoms with van der Waals surface area (Å²) in [6, 6.07) is -0.623. The number of hydrogen-bond acceptors (Lipinski definition) is 6. The van der Waals surface area contributed by atoms with Crippen molar-refractivity contribution in [3.63, 3.8) is 0 Å². The number of ether oxygens (including phenoxy) is 2. The van der Waals surface area contributed by atoms with Crippen LogP contribution in [0.2, 0.25) is 0 Å². The molecule has 1 N–H and O–H groups in total. The van der Waals surface area contributed by atoms with E-state index in [0.717, 1.165) is 30.6 Å². The molecule has 4 aliphatic rings. The van der Waals surface area contributed by atoms with Gasteiger partial charge in [0.1, 0.15) is 24.2 Å². The van der Waals surface area contributed by atoms with E-state index in [1.165, 1.54) is 0 Å². The summed E-state index contributed by atoms with van der Waals surface area (Å²) in [5.74, 6) is 2.25. The zero-order chi connectivity index (χ0) is 19.7. The first-order valence-electron chi connectivity index (χ1n) is 9.33. The number of alkyl halides is 3. The lowest BCUT2D eigenvalue weighted by atomic mass is 10.0. The van der Waals surface area contributed by atoms with Gasteiger partial charge in [0, 0.05) is 31.5 Å². The molecule has 1 amide bonds. The normalized spacial score (nSPS) is 24.8. The van der Waals surface area contributed by atoms with E-state index >= 15 is 0 Å². The number of nitrogens with one attached hydrogen (secondary N) is 1. The topological polar surface area (TPSA) is 75.5 Å². The first-order valence-corrected chi connectivity index (χ1v) is 9.33. The molecule has 28 heavy (non-hydrogen) atoms. The highest BCUT2D eigenvalue weighted by Crippen LogP contribution is 2.31. The van der Waals surface area contributed by atoms with Gasteiger partial charge in [-0.3, -0.25) is 9.79 Å². The highest BCUT2D eigenvalue weighted by atomic mass is 19.4. The van der Waals surface area contributed by atoms with Gasteiger partial charge >= 0.3 is 6.18 Å². The van der Waals surface area contributed by atoms with Crippen molar-refractivity contribution in [1.82, 2.24) is 10.2 Å². The quantitative estimate of drug-likeness (QED) is 0.792. The van der Waals surface area contributed by atoms with Crippen molar-refractivity contribution in [3.8, 4) is 0 Å². The molecule has 0 aromatic rings. The number of nitrogens with zero attached hydrogens (tertiary/aromatic N) is 3. The van der Waals surface area contributed by atoms with Crippen molar-refractivity contribution >= 4 is 17.6 Å². The maximum atomic E-state index is 12.4. The SMILES string of the molecule is O=C(NCC(F)(F)F)[C@H]1CCCN1C1=NC(C2=CC3=C(CC2)OCO3)=NCC1. The maximum absolute atomic E-state index is 12.4. The number of allylic oxidation sites excluding steroid dienone is 2. The molecule has 0 aromatic heterocycles. The van der Waals surface area contributed by atoms with Crippen molar-refractivity contribution in [2.75, 3.05) is 26.4 Å². The number of likely N-dealkylation sites (tertiary alicyclic amines) is 1. The molecule has 1 saturated heterocycles. The molecule has 152 valence electrons. The van der Waals surface area contributed by atoms with E-state index in [4.69, 9.17) is 9.47 Å². The Bertz CT molecular complexity index is 785. The first-order chi connectivity index (χ1) is 13.4. The van der Waals surface area contributed by atoms with Crippen LogP contribution < -0.4 is 5.32 Å². The van der Waals surface area contributed by atoms with E-state index in [-0.39, 0.29) is 6.79 Å². The van der Waals surface area contributed by atoms with Crippen LogP contribution in [-0.2, 0) is 14.3 Å². The Hall–Kier alpha value is -2.52. The summed E-state index contributed by atoms with van der Waals surface area (Å²) in [5, 5.41) is 1.99. The summed E-state index contributed by atoms with van der Waals surface area (Å²) in [4.78, 5) is 23.2. The predicted molar refractivity (Wildman–Crippen MR) is 94.5 cm³/mol. The van der Waals surface area contributed by atoms with Crippen LogP contribution in [0.15, 0.2) is 33.2 Å². The van der Waals surface area contributed by atoms with Crippen molar-refractivity contribution < 1.29 is 27.4 Å². The number of amides is 1. The number of halogens is 3. The first kappa shape index (κ1) is 18.8. The van der Waals surface area contributed by atoms with Crippen LogP contribution in [0.5, 0.6) is 0 Å². The van der Waals surface area contributed by atoms with Crippen molar-refractivity contribution in [3.05, 3.63) is 23.2 Å². The fourth-order valence-electron chi connectivity index (χ4n) is 3.80. The summed E-state index contributed by atoms with van der Waals surface area (Å²) in [6.45, 7) is 0.0311. The minimum absolute atomic E-state index is 0.220. The molecule has 7 nitrogen and oxygen atoms in total. The summed E-state index contributed by atoms with van der Waals surface area (Å²) in [7, 11) is 0. The molecular formula is C18H21F3N4O3. The molecule has 0 radical (unpaired) electrons. The van der Waals surface area contributed by atoms with Crippen molar-refractivity contribution in [1.29, 1.82) is 0 Å². The maximum Gasteiger partial charge on any atom is 0.405 e. The molecule has 0 spiro atoms. The third-order valence-electron chi connectivity index (χ3n) is 5.12. The summed E-state index contributed by atoms with van der Waals surface area (Å²) in [6.07, 6.45) is 0.722. The van der Waals surface area contributed by atoms with E-state index in [1.807, 2.05) is 16.3 Å². The van der Waals surface area contributed by atoms with E-state index in [2.05, 4.69) is 9.98 Å². The average molecular weight is 398 g/mol. The van der Waals surface area contributed by atoms with Gasteiger partial charge in [0.2, 0.25) is 12.7 Å². The molecule has 0 bridgehead atoms. The number of rotatable bonds is 3. The lowest BCUT2D eigenvalue weighted by Gasteiger charge is -2.29. The summed E-state index contributed by atoms with van der Waals surface area (Å²) in [5.41, 5.74) is 0.943. The van der Waals surface area contributed by atoms with Gasteiger partial charge in [-0.1, -0.05) is 0 Å². The number of aliphatic imine (C=N–C) groups is 2. The van der Waals surface area contributed by atoms with Crippen molar-refractivity contribution in [2.45, 2.75) is 44.3 Å². The highest BCUT2D eigenvalue weighted by Gasteiger charge is 2.36. The Labute approximate surface area is 160 Å². The molecule has 0 unspecified atom stereocenters. The van der Waals surface area contributed by atoms with Crippen LogP contribution in [0.25, 0.3) is 0 Å². The van der Waals surface area contributed by atoms with Gasteiger partial charge in [-0.05, 0) is 25.3 Å². The van der Waals surface area contributed by atoms with Crippen LogP contribution in [0.4, 0.5) is 13.2 Å². The largest absolute Gasteiger partial charge is 0.458 e. The van der Waals surface area contributed by atoms with E-state index < -0.39 is 24.7 Å². The molecular weight excluding hydrogens is 377 g/mol. The van der Waals surface area contributed by atoms with Crippen molar-refractivity contribution in [2.24, 2.45) is 9.98 Å². The molecule has 0 aromatic carbocycles. The zero-order valence-corrected chi connectivity index (χ0v) is 15.2. The average Bonchev–Trinajstić information content (AvgIpc) is 3.34. The standard InChI is InChI=1S/C18H21F3N4O3/c19-18(20,21)9-23-17(26)12-2-1-7-25(12)15-5-6-22-16(24-15)11-3-4-13-14(8-11)28-10-27-13/h8,12H,1-7,9-10H2,(H,23,26)/t12-/m1/s1. The Kier molecular flexibility index (Phi) is 5.03. The second kappa shape index (κ2) is 7.48. The molecule has 3 aliphatic heterocycles. The van der Waals surface area contributed by atoms with Gasteiger partial charge in [-0.2, -0.15) is 13.2 Å². The molecule has 1 atom stereocenters. The number of carbonyl (C=O) groups is 1. The van der Waals surface area contributed by atoms with Gasteiger partial charge in [0.15, 0.2) is 11.6 Å². The van der Waals surface area contributed by atoms with Gasteiger partial charge in [0.05, 0.1) is 0 Å². The Morgan fingerprint density at radius 1 is 1.29 bits per heavy atom. The summed E-state index contributed by atoms with van der Waals surface area (Å²) < 4.78 is 48.0. The second-order valence-electron chi connectivity index (χ2n) is 7.03. The van der Waals surface area contributed by atoms with E-state index in [1.54, 1.807) is 0 Å². The fourth-order valence-corrected chi connectivity index (χ4v) is 3.80.